The van der Waals surface area contributed by atoms with Crippen molar-refractivity contribution < 1.29 is 14.3 Å². The van der Waals surface area contributed by atoms with E-state index in [4.69, 9.17) is 5.11 Å². The van der Waals surface area contributed by atoms with Gasteiger partial charge in [0.15, 0.2) is 0 Å². The normalized spacial score (nSPS) is 28.8. The number of aliphatic carboxylic acids is 1. The van der Waals surface area contributed by atoms with Crippen molar-refractivity contribution in [1.82, 2.24) is 0 Å². The molecular formula is C12H13FO2. The van der Waals surface area contributed by atoms with Crippen molar-refractivity contribution in [2.45, 2.75) is 25.2 Å². The first-order valence-electron chi connectivity index (χ1n) is 5.09. The zero-order valence-corrected chi connectivity index (χ0v) is 8.53. The van der Waals surface area contributed by atoms with Crippen LogP contribution < -0.4 is 0 Å². The highest BCUT2D eigenvalue weighted by molar-refractivity contribution is 5.77. The predicted molar refractivity (Wildman–Crippen MR) is 54.1 cm³/mol. The Bertz CT molecular complexity index is 385. The zero-order chi connectivity index (χ0) is 11.1. The second-order valence-corrected chi connectivity index (χ2v) is 4.11. The highest BCUT2D eigenvalue weighted by atomic mass is 19.1. The van der Waals surface area contributed by atoms with Crippen LogP contribution in [0.4, 0.5) is 4.39 Å². The van der Waals surface area contributed by atoms with E-state index < -0.39 is 5.97 Å². The quantitative estimate of drug-likeness (QED) is 0.828. The molecule has 0 heterocycles. The van der Waals surface area contributed by atoms with Gasteiger partial charge in [0.2, 0.25) is 0 Å². The number of rotatable bonds is 3. The molecule has 0 bridgehead atoms. The first-order chi connectivity index (χ1) is 7.10. The molecule has 0 saturated heterocycles. The lowest BCUT2D eigenvalue weighted by molar-refractivity contribution is -0.139. The minimum atomic E-state index is -0.749. The fourth-order valence-corrected chi connectivity index (χ4v) is 2.32. The number of carboxylic acid groups (broad SMARTS) is 1. The summed E-state index contributed by atoms with van der Waals surface area (Å²) in [6, 6.07) is 6.18. The van der Waals surface area contributed by atoms with E-state index in [2.05, 4.69) is 0 Å². The molecule has 80 valence electrons. The van der Waals surface area contributed by atoms with Gasteiger partial charge in [-0.25, -0.2) is 4.39 Å². The Labute approximate surface area is 87.7 Å². The number of carboxylic acids is 1. The molecule has 1 unspecified atom stereocenters. The van der Waals surface area contributed by atoms with Crippen LogP contribution in [0.2, 0.25) is 0 Å². The van der Waals surface area contributed by atoms with Gasteiger partial charge in [0.05, 0.1) is 5.92 Å². The molecule has 0 amide bonds. The molecule has 0 aliphatic heterocycles. The first kappa shape index (κ1) is 10.1. The molecule has 1 N–H and O–H groups in total. The molecule has 1 aromatic carbocycles. The number of halogens is 1. The smallest absolute Gasteiger partial charge is 0.307 e. The number of carbonyl (C=O) groups is 1. The fraction of sp³-hybridized carbons (Fsp3) is 0.417. The molecule has 1 fully saturated rings. The van der Waals surface area contributed by atoms with Gasteiger partial charge in [0, 0.05) is 5.41 Å². The average molecular weight is 208 g/mol. The topological polar surface area (TPSA) is 37.3 Å². The van der Waals surface area contributed by atoms with Crippen molar-refractivity contribution in [3.8, 4) is 0 Å². The second kappa shape index (κ2) is 3.33. The minimum Gasteiger partial charge on any atom is -0.481 e. The third-order valence-electron chi connectivity index (χ3n) is 3.42. The zero-order valence-electron chi connectivity index (χ0n) is 8.53. The lowest BCUT2D eigenvalue weighted by Crippen LogP contribution is -2.14. The largest absolute Gasteiger partial charge is 0.481 e. The molecule has 2 rings (SSSR count). The van der Waals surface area contributed by atoms with Crippen LogP contribution in [0, 0.1) is 11.7 Å². The molecule has 0 aromatic heterocycles. The number of benzene rings is 1. The lowest BCUT2D eigenvalue weighted by Gasteiger charge is -2.14. The third kappa shape index (κ3) is 1.52. The molecule has 1 aliphatic carbocycles. The van der Waals surface area contributed by atoms with Crippen molar-refractivity contribution >= 4 is 5.97 Å². The summed E-state index contributed by atoms with van der Waals surface area (Å²) in [5.74, 6) is -1.33. The maximum Gasteiger partial charge on any atom is 0.307 e. The molecule has 1 aliphatic rings. The van der Waals surface area contributed by atoms with Crippen LogP contribution >= 0.6 is 0 Å². The van der Waals surface area contributed by atoms with Crippen molar-refractivity contribution in [1.29, 1.82) is 0 Å². The molecule has 2 nitrogen and oxygen atoms in total. The highest BCUT2D eigenvalue weighted by Gasteiger charge is 2.58. The molecule has 0 spiro atoms. The van der Waals surface area contributed by atoms with Gasteiger partial charge >= 0.3 is 5.97 Å². The summed E-state index contributed by atoms with van der Waals surface area (Å²) < 4.78 is 12.7. The number of hydrogen-bond acceptors (Lipinski definition) is 1. The summed E-state index contributed by atoms with van der Waals surface area (Å²) in [4.78, 5) is 10.9. The molecule has 1 aromatic rings. The Hall–Kier alpha value is -1.38. The van der Waals surface area contributed by atoms with Crippen LogP contribution in [-0.4, -0.2) is 11.1 Å². The Kier molecular flexibility index (Phi) is 2.25. The Balaban J connectivity index is 2.30. The van der Waals surface area contributed by atoms with Crippen LogP contribution in [0.5, 0.6) is 0 Å². The van der Waals surface area contributed by atoms with Crippen molar-refractivity contribution in [3.05, 3.63) is 35.6 Å². The third-order valence-corrected chi connectivity index (χ3v) is 3.42. The van der Waals surface area contributed by atoms with E-state index in [1.54, 1.807) is 12.1 Å². The standard InChI is InChI=1S/C12H13FO2/c1-2-12(7-10(12)11(14)15)8-3-5-9(13)6-4-8/h3-6,10H,2,7H2,1H3,(H,14,15)/t10-,12?/m0/s1. The van der Waals surface area contributed by atoms with Crippen LogP contribution in [0.3, 0.4) is 0 Å². The van der Waals surface area contributed by atoms with E-state index in [1.165, 1.54) is 12.1 Å². The van der Waals surface area contributed by atoms with Gasteiger partial charge in [0.1, 0.15) is 5.82 Å². The van der Waals surface area contributed by atoms with Gasteiger partial charge in [-0.2, -0.15) is 0 Å². The van der Waals surface area contributed by atoms with Gasteiger partial charge in [-0.15, -0.1) is 0 Å². The predicted octanol–water partition coefficient (Wildman–Crippen LogP) is 2.58. The number of hydrogen-bond donors (Lipinski definition) is 1. The van der Waals surface area contributed by atoms with Gasteiger partial charge < -0.3 is 5.11 Å². The van der Waals surface area contributed by atoms with E-state index in [0.29, 0.717) is 6.42 Å². The van der Waals surface area contributed by atoms with Crippen LogP contribution in [0.1, 0.15) is 25.3 Å². The average Bonchev–Trinajstić information content (AvgIpc) is 2.95. The van der Waals surface area contributed by atoms with Gasteiger partial charge in [-0.3, -0.25) is 4.79 Å². The van der Waals surface area contributed by atoms with E-state index in [0.717, 1.165) is 12.0 Å². The fourth-order valence-electron chi connectivity index (χ4n) is 2.32. The summed E-state index contributed by atoms with van der Waals surface area (Å²) in [7, 11) is 0. The molecule has 2 atom stereocenters. The van der Waals surface area contributed by atoms with Crippen LogP contribution in [-0.2, 0) is 10.2 Å². The monoisotopic (exact) mass is 208 g/mol. The molecule has 15 heavy (non-hydrogen) atoms. The lowest BCUT2D eigenvalue weighted by atomic mass is 9.90. The van der Waals surface area contributed by atoms with Gasteiger partial charge in [-0.05, 0) is 30.5 Å². The van der Waals surface area contributed by atoms with Crippen molar-refractivity contribution in [2.24, 2.45) is 5.92 Å². The van der Waals surface area contributed by atoms with E-state index in [9.17, 15) is 9.18 Å². The SMILES string of the molecule is CCC1(c2ccc(F)cc2)C[C@H]1C(=O)O. The second-order valence-electron chi connectivity index (χ2n) is 4.11. The molecular weight excluding hydrogens is 195 g/mol. The molecule has 0 radical (unpaired) electrons. The molecule has 1 saturated carbocycles. The van der Waals surface area contributed by atoms with E-state index >= 15 is 0 Å². The van der Waals surface area contributed by atoms with Gasteiger partial charge in [-0.1, -0.05) is 19.1 Å². The summed E-state index contributed by atoms with van der Waals surface area (Å²) in [5, 5.41) is 8.96. The Morgan fingerprint density at radius 2 is 2.13 bits per heavy atom. The van der Waals surface area contributed by atoms with Crippen LogP contribution in [0.25, 0.3) is 0 Å². The maximum atomic E-state index is 12.7. The summed E-state index contributed by atoms with van der Waals surface area (Å²) in [5.41, 5.74) is 0.693. The first-order valence-corrected chi connectivity index (χ1v) is 5.09. The highest BCUT2D eigenvalue weighted by Crippen LogP contribution is 2.56. The summed E-state index contributed by atoms with van der Waals surface area (Å²) >= 11 is 0. The van der Waals surface area contributed by atoms with E-state index in [-0.39, 0.29) is 17.2 Å². The maximum absolute atomic E-state index is 12.7. The Morgan fingerprint density at radius 1 is 1.53 bits per heavy atom. The summed E-state index contributed by atoms with van der Waals surface area (Å²) in [6.45, 7) is 1.98. The van der Waals surface area contributed by atoms with Crippen LogP contribution in [0.15, 0.2) is 24.3 Å². The van der Waals surface area contributed by atoms with E-state index in [1.807, 2.05) is 6.92 Å². The van der Waals surface area contributed by atoms with Crippen molar-refractivity contribution in [2.75, 3.05) is 0 Å². The van der Waals surface area contributed by atoms with Crippen molar-refractivity contribution in [3.63, 3.8) is 0 Å². The van der Waals surface area contributed by atoms with Gasteiger partial charge in [0.25, 0.3) is 0 Å². The molecule has 3 heteroatoms. The Morgan fingerprint density at radius 3 is 2.53 bits per heavy atom. The summed E-state index contributed by atoms with van der Waals surface area (Å²) in [6.07, 6.45) is 1.46. The minimum absolute atomic E-state index is 0.250.